The van der Waals surface area contributed by atoms with Crippen molar-refractivity contribution in [1.29, 1.82) is 0 Å². The van der Waals surface area contributed by atoms with E-state index < -0.39 is 23.6 Å². The minimum atomic E-state index is -4.63. The maximum atomic E-state index is 13.5. The van der Waals surface area contributed by atoms with Crippen LogP contribution in [0.5, 0.6) is 5.75 Å². The summed E-state index contributed by atoms with van der Waals surface area (Å²) < 4.78 is 45.5. The number of hydrogen-bond donors (Lipinski definition) is 1. The van der Waals surface area contributed by atoms with Crippen LogP contribution in [0.3, 0.4) is 0 Å². The van der Waals surface area contributed by atoms with Crippen LogP contribution in [0.15, 0.2) is 42.5 Å². The van der Waals surface area contributed by atoms with Gasteiger partial charge in [0.2, 0.25) is 11.8 Å². The van der Waals surface area contributed by atoms with Gasteiger partial charge in [-0.25, -0.2) is 0 Å². The Hall–Kier alpha value is -3.23. The summed E-state index contributed by atoms with van der Waals surface area (Å²) in [6.07, 6.45) is -4.70. The van der Waals surface area contributed by atoms with Crippen LogP contribution >= 0.6 is 0 Å². The molecule has 0 spiro atoms. The quantitative estimate of drug-likeness (QED) is 0.799. The number of benzene rings is 2. The lowest BCUT2D eigenvalue weighted by Gasteiger charge is -2.20. The zero-order chi connectivity index (χ0) is 22.1. The van der Waals surface area contributed by atoms with E-state index in [-0.39, 0.29) is 24.6 Å². The Morgan fingerprint density at radius 1 is 1.17 bits per heavy atom. The number of halogens is 3. The lowest BCUT2D eigenvalue weighted by Crippen LogP contribution is -2.28. The van der Waals surface area contributed by atoms with Crippen LogP contribution in [0.1, 0.15) is 12.0 Å². The Morgan fingerprint density at radius 3 is 2.40 bits per heavy atom. The highest BCUT2D eigenvalue weighted by atomic mass is 19.4. The van der Waals surface area contributed by atoms with Crippen molar-refractivity contribution in [1.82, 2.24) is 0 Å². The molecule has 0 radical (unpaired) electrons. The third-order valence-electron chi connectivity index (χ3n) is 4.96. The third-order valence-corrected chi connectivity index (χ3v) is 4.96. The molecule has 9 heteroatoms. The average molecular weight is 421 g/mol. The molecule has 1 aliphatic rings. The molecule has 1 N–H and O–H groups in total. The van der Waals surface area contributed by atoms with E-state index in [1.54, 1.807) is 43.3 Å². The molecular formula is C21H22F3N3O3. The number of alkyl halides is 3. The van der Waals surface area contributed by atoms with Crippen molar-refractivity contribution in [2.24, 2.45) is 5.92 Å². The van der Waals surface area contributed by atoms with E-state index in [0.29, 0.717) is 17.1 Å². The molecule has 2 amide bonds. The van der Waals surface area contributed by atoms with Gasteiger partial charge in [0, 0.05) is 38.4 Å². The molecule has 1 fully saturated rings. The van der Waals surface area contributed by atoms with E-state index in [1.807, 2.05) is 0 Å². The van der Waals surface area contributed by atoms with E-state index in [0.717, 1.165) is 6.07 Å². The second-order valence-electron chi connectivity index (χ2n) is 7.21. The van der Waals surface area contributed by atoms with Gasteiger partial charge < -0.3 is 19.9 Å². The summed E-state index contributed by atoms with van der Waals surface area (Å²) in [5, 5.41) is 2.36. The van der Waals surface area contributed by atoms with Crippen molar-refractivity contribution in [2.45, 2.75) is 12.6 Å². The first-order valence-corrected chi connectivity index (χ1v) is 9.24. The molecule has 1 atom stereocenters. The highest BCUT2D eigenvalue weighted by Gasteiger charge is 2.38. The maximum Gasteiger partial charge on any atom is 0.418 e. The van der Waals surface area contributed by atoms with Crippen LogP contribution in [-0.4, -0.2) is 39.6 Å². The lowest BCUT2D eigenvalue weighted by atomic mass is 10.1. The predicted octanol–water partition coefficient (Wildman–Crippen LogP) is 3.77. The number of methoxy groups -OCH3 is 1. The average Bonchev–Trinajstić information content (AvgIpc) is 3.09. The highest BCUT2D eigenvalue weighted by molar-refractivity contribution is 6.03. The normalized spacial score (nSPS) is 16.5. The van der Waals surface area contributed by atoms with Gasteiger partial charge in [0.05, 0.1) is 24.3 Å². The van der Waals surface area contributed by atoms with Crippen LogP contribution in [-0.2, 0) is 15.8 Å². The minimum absolute atomic E-state index is 0.0744. The van der Waals surface area contributed by atoms with Gasteiger partial charge in [0.15, 0.2) is 0 Å². The first kappa shape index (κ1) is 21.5. The molecule has 1 saturated heterocycles. The van der Waals surface area contributed by atoms with Gasteiger partial charge in [-0.3, -0.25) is 9.59 Å². The van der Waals surface area contributed by atoms with E-state index in [9.17, 15) is 22.8 Å². The highest BCUT2D eigenvalue weighted by Crippen LogP contribution is 2.37. The predicted molar refractivity (Wildman–Crippen MR) is 108 cm³/mol. The molecule has 1 aliphatic heterocycles. The summed E-state index contributed by atoms with van der Waals surface area (Å²) in [6, 6.07) is 10.5. The van der Waals surface area contributed by atoms with Crippen LogP contribution in [0.25, 0.3) is 0 Å². The summed E-state index contributed by atoms with van der Waals surface area (Å²) in [5.74, 6) is -1.02. The standard InChI is InChI=1S/C21H22F3N3O3/c1-26(2)15-6-9-18(17(11-15)21(22,23)24)25-20(29)13-10-19(28)27(12-13)14-4-7-16(30-3)8-5-14/h4-9,11,13H,10,12H2,1-3H3,(H,25,29). The van der Waals surface area contributed by atoms with Gasteiger partial charge in [-0.1, -0.05) is 0 Å². The molecule has 1 heterocycles. The number of nitrogens with one attached hydrogen (secondary N) is 1. The fourth-order valence-corrected chi connectivity index (χ4v) is 3.28. The van der Waals surface area contributed by atoms with Crippen LogP contribution in [0.2, 0.25) is 0 Å². The summed E-state index contributed by atoms with van der Waals surface area (Å²) in [5.41, 5.74) is -0.295. The largest absolute Gasteiger partial charge is 0.497 e. The fourth-order valence-electron chi connectivity index (χ4n) is 3.28. The molecule has 0 bridgehead atoms. The SMILES string of the molecule is COc1ccc(N2CC(C(=O)Nc3ccc(N(C)C)cc3C(F)(F)F)CC2=O)cc1. The molecule has 30 heavy (non-hydrogen) atoms. The first-order chi connectivity index (χ1) is 14.1. The van der Waals surface area contributed by atoms with Crippen molar-refractivity contribution in [3.8, 4) is 5.75 Å². The number of nitrogens with zero attached hydrogens (tertiary/aromatic N) is 2. The van der Waals surface area contributed by atoms with Gasteiger partial charge in [-0.15, -0.1) is 0 Å². The number of hydrogen-bond acceptors (Lipinski definition) is 4. The van der Waals surface area contributed by atoms with E-state index >= 15 is 0 Å². The second-order valence-corrected chi connectivity index (χ2v) is 7.21. The molecule has 0 saturated carbocycles. The Labute approximate surface area is 172 Å². The van der Waals surface area contributed by atoms with E-state index in [1.165, 1.54) is 24.1 Å². The summed E-state index contributed by atoms with van der Waals surface area (Å²) in [7, 11) is 4.79. The summed E-state index contributed by atoms with van der Waals surface area (Å²) >= 11 is 0. The topological polar surface area (TPSA) is 61.9 Å². The molecule has 2 aromatic rings. The minimum Gasteiger partial charge on any atom is -0.497 e. The molecule has 2 aromatic carbocycles. The van der Waals surface area contributed by atoms with Gasteiger partial charge in [0.1, 0.15) is 5.75 Å². The zero-order valence-electron chi connectivity index (χ0n) is 16.8. The van der Waals surface area contributed by atoms with Crippen molar-refractivity contribution in [3.05, 3.63) is 48.0 Å². The van der Waals surface area contributed by atoms with E-state index in [2.05, 4.69) is 5.32 Å². The number of amides is 2. The lowest BCUT2D eigenvalue weighted by molar-refractivity contribution is -0.137. The van der Waals surface area contributed by atoms with Crippen LogP contribution in [0.4, 0.5) is 30.2 Å². The molecule has 1 unspecified atom stereocenters. The molecule has 3 rings (SSSR count). The second kappa shape index (κ2) is 8.25. The molecular weight excluding hydrogens is 399 g/mol. The van der Waals surface area contributed by atoms with Crippen LogP contribution < -0.4 is 19.9 Å². The smallest absolute Gasteiger partial charge is 0.418 e. The van der Waals surface area contributed by atoms with Crippen molar-refractivity contribution in [3.63, 3.8) is 0 Å². The maximum absolute atomic E-state index is 13.5. The van der Waals surface area contributed by atoms with Gasteiger partial charge in [0.25, 0.3) is 0 Å². The molecule has 0 aromatic heterocycles. The number of ether oxygens (including phenoxy) is 1. The van der Waals surface area contributed by atoms with Gasteiger partial charge in [-0.2, -0.15) is 13.2 Å². The Morgan fingerprint density at radius 2 is 1.83 bits per heavy atom. The van der Waals surface area contributed by atoms with Crippen LogP contribution in [0, 0.1) is 5.92 Å². The van der Waals surface area contributed by atoms with E-state index in [4.69, 9.17) is 4.74 Å². The number of carbonyl (C=O) groups excluding carboxylic acids is 2. The molecule has 6 nitrogen and oxygen atoms in total. The molecule has 0 aliphatic carbocycles. The number of rotatable bonds is 5. The Bertz CT molecular complexity index is 943. The van der Waals surface area contributed by atoms with Gasteiger partial charge >= 0.3 is 6.18 Å². The van der Waals surface area contributed by atoms with Crippen molar-refractivity contribution in [2.75, 3.05) is 42.9 Å². The summed E-state index contributed by atoms with van der Waals surface area (Å²) in [4.78, 5) is 28.0. The zero-order valence-corrected chi connectivity index (χ0v) is 16.8. The Balaban J connectivity index is 1.77. The number of carbonyl (C=O) groups is 2. The monoisotopic (exact) mass is 421 g/mol. The van der Waals surface area contributed by atoms with Gasteiger partial charge in [-0.05, 0) is 42.5 Å². The number of anilines is 3. The third kappa shape index (κ3) is 4.50. The Kier molecular flexibility index (Phi) is 5.91. The van der Waals surface area contributed by atoms with Crippen molar-refractivity contribution < 1.29 is 27.5 Å². The fraction of sp³-hybridized carbons (Fsp3) is 0.333. The van der Waals surface area contributed by atoms with Crippen molar-refractivity contribution >= 4 is 28.9 Å². The summed E-state index contributed by atoms with van der Waals surface area (Å²) in [6.45, 7) is 0.0914. The first-order valence-electron chi connectivity index (χ1n) is 9.24. The molecule has 160 valence electrons.